The molecule has 0 aliphatic carbocycles. The number of amides is 1. The fourth-order valence-corrected chi connectivity index (χ4v) is 6.86. The van der Waals surface area contributed by atoms with E-state index >= 15 is 0 Å². The van der Waals surface area contributed by atoms with Gasteiger partial charge in [-0.2, -0.15) is 0 Å². The number of halogens is 1. The first-order valence-electron chi connectivity index (χ1n) is 13.1. The van der Waals surface area contributed by atoms with Crippen molar-refractivity contribution < 1.29 is 13.9 Å². The summed E-state index contributed by atoms with van der Waals surface area (Å²) in [5, 5.41) is 1.19. The molecule has 182 valence electrons. The topological polar surface area (TPSA) is 42.4 Å². The normalized spacial score (nSPS) is 25.6. The number of hydrogen-bond donors (Lipinski definition) is 0. The summed E-state index contributed by atoms with van der Waals surface area (Å²) in [6, 6.07) is 18.0. The Kier molecular flexibility index (Phi) is 6.05. The number of rotatable bonds is 5. The Morgan fingerprint density at radius 3 is 2.51 bits per heavy atom. The molecule has 0 saturated carbocycles. The molecule has 0 radical (unpaired) electrons. The number of carbonyl (C=O) groups excluding carboxylic acids is 1. The van der Waals surface area contributed by atoms with E-state index in [1.165, 1.54) is 17.0 Å². The van der Waals surface area contributed by atoms with E-state index in [0.29, 0.717) is 56.0 Å². The molecule has 5 heteroatoms. The molecule has 1 amide bonds. The van der Waals surface area contributed by atoms with Crippen LogP contribution in [0.25, 0.3) is 10.9 Å². The fraction of sp³-hybridized carbons (Fsp3) is 0.467. The van der Waals surface area contributed by atoms with Crippen LogP contribution in [-0.4, -0.2) is 41.1 Å². The lowest BCUT2D eigenvalue weighted by atomic mass is 9.72. The largest absolute Gasteiger partial charge is 0.381 e. The van der Waals surface area contributed by atoms with Gasteiger partial charge in [0.15, 0.2) is 0 Å². The van der Waals surface area contributed by atoms with Crippen molar-refractivity contribution >= 4 is 16.8 Å². The van der Waals surface area contributed by atoms with Crippen LogP contribution in [0.4, 0.5) is 4.39 Å². The van der Waals surface area contributed by atoms with Crippen molar-refractivity contribution in [2.45, 2.75) is 63.5 Å². The van der Waals surface area contributed by atoms with Gasteiger partial charge >= 0.3 is 0 Å². The van der Waals surface area contributed by atoms with Crippen molar-refractivity contribution in [2.24, 2.45) is 11.3 Å². The molecule has 3 aromatic rings. The van der Waals surface area contributed by atoms with Gasteiger partial charge in [-0.25, -0.2) is 4.39 Å². The molecule has 4 nitrogen and oxygen atoms in total. The minimum absolute atomic E-state index is 0.211. The van der Waals surface area contributed by atoms with Crippen LogP contribution in [0.1, 0.15) is 49.7 Å². The molecule has 2 bridgehead atoms. The zero-order valence-corrected chi connectivity index (χ0v) is 20.2. The minimum atomic E-state index is -0.559. The van der Waals surface area contributed by atoms with Gasteiger partial charge in [0, 0.05) is 36.9 Å². The Bertz CT molecular complexity index is 1210. The third kappa shape index (κ3) is 4.35. The van der Waals surface area contributed by atoms with Crippen molar-refractivity contribution in [2.75, 3.05) is 13.2 Å². The number of piperidine rings is 1. The Morgan fingerprint density at radius 1 is 1.03 bits per heavy atom. The molecule has 3 aliphatic heterocycles. The number of benzene rings is 2. The Hall–Kier alpha value is -2.79. The third-order valence-corrected chi connectivity index (χ3v) is 8.63. The zero-order valence-electron chi connectivity index (χ0n) is 20.2. The summed E-state index contributed by atoms with van der Waals surface area (Å²) < 4.78 is 20.2. The lowest BCUT2D eigenvalue weighted by Crippen LogP contribution is -2.55. The molecule has 6 rings (SSSR count). The molecule has 1 aromatic heterocycles. The zero-order chi connectivity index (χ0) is 23.8. The predicted octanol–water partition coefficient (Wildman–Crippen LogP) is 5.73. The molecule has 0 spiro atoms. The van der Waals surface area contributed by atoms with E-state index in [-0.39, 0.29) is 11.7 Å². The first-order chi connectivity index (χ1) is 17.1. The molecule has 2 atom stereocenters. The minimum Gasteiger partial charge on any atom is -0.381 e. The van der Waals surface area contributed by atoms with E-state index < -0.39 is 5.41 Å². The number of ether oxygens (including phenoxy) is 1. The summed E-state index contributed by atoms with van der Waals surface area (Å²) in [5.74, 6) is 0.593. The second-order valence-corrected chi connectivity index (χ2v) is 10.8. The van der Waals surface area contributed by atoms with Crippen LogP contribution in [-0.2, 0) is 22.4 Å². The van der Waals surface area contributed by atoms with Gasteiger partial charge < -0.3 is 9.64 Å². The maximum absolute atomic E-state index is 14.6. The Labute approximate surface area is 206 Å². The van der Waals surface area contributed by atoms with E-state index in [1.807, 2.05) is 24.4 Å². The van der Waals surface area contributed by atoms with Crippen molar-refractivity contribution in [1.29, 1.82) is 0 Å². The average molecular weight is 473 g/mol. The maximum Gasteiger partial charge on any atom is 0.229 e. The van der Waals surface area contributed by atoms with Crippen LogP contribution < -0.4 is 0 Å². The number of aromatic nitrogens is 1. The molecule has 0 N–H and O–H groups in total. The van der Waals surface area contributed by atoms with Crippen molar-refractivity contribution in [3.8, 4) is 0 Å². The van der Waals surface area contributed by atoms with Gasteiger partial charge in [0.05, 0.1) is 10.9 Å². The number of hydrogen-bond acceptors (Lipinski definition) is 3. The molecule has 3 saturated heterocycles. The highest BCUT2D eigenvalue weighted by atomic mass is 19.1. The van der Waals surface area contributed by atoms with E-state index in [9.17, 15) is 9.18 Å². The monoisotopic (exact) mass is 472 g/mol. The van der Waals surface area contributed by atoms with Gasteiger partial charge in [-0.05, 0) is 86.6 Å². The summed E-state index contributed by atoms with van der Waals surface area (Å²) in [5.41, 5.74) is 2.41. The van der Waals surface area contributed by atoms with Crippen LogP contribution >= 0.6 is 0 Å². The number of carbonyl (C=O) groups is 1. The predicted molar refractivity (Wildman–Crippen MR) is 134 cm³/mol. The Morgan fingerprint density at radius 2 is 1.74 bits per heavy atom. The first kappa shape index (κ1) is 22.7. The second-order valence-electron chi connectivity index (χ2n) is 10.8. The van der Waals surface area contributed by atoms with Crippen LogP contribution in [0.5, 0.6) is 0 Å². The van der Waals surface area contributed by atoms with E-state index in [0.717, 1.165) is 37.6 Å². The smallest absolute Gasteiger partial charge is 0.229 e. The van der Waals surface area contributed by atoms with Crippen LogP contribution in [0.15, 0.2) is 60.8 Å². The molecule has 3 fully saturated rings. The molecule has 3 aliphatic rings. The van der Waals surface area contributed by atoms with Crippen molar-refractivity contribution in [1.82, 2.24) is 9.88 Å². The van der Waals surface area contributed by atoms with Gasteiger partial charge in [0.1, 0.15) is 5.82 Å². The molecule has 4 heterocycles. The second kappa shape index (κ2) is 9.34. The quantitative estimate of drug-likeness (QED) is 0.477. The molecular weight excluding hydrogens is 439 g/mol. The molecule has 2 aromatic carbocycles. The summed E-state index contributed by atoms with van der Waals surface area (Å²) in [4.78, 5) is 21.1. The lowest BCUT2D eigenvalue weighted by molar-refractivity contribution is -0.153. The maximum atomic E-state index is 14.6. The molecular formula is C30H33FN2O2. The van der Waals surface area contributed by atoms with E-state index in [2.05, 4.69) is 34.1 Å². The highest BCUT2D eigenvalue weighted by Gasteiger charge is 2.50. The highest BCUT2D eigenvalue weighted by Crippen LogP contribution is 2.45. The van der Waals surface area contributed by atoms with E-state index in [1.54, 1.807) is 6.07 Å². The average Bonchev–Trinajstić information content (AvgIpc) is 3.15. The summed E-state index contributed by atoms with van der Waals surface area (Å²) in [7, 11) is 0. The first-order valence-corrected chi connectivity index (χ1v) is 13.1. The van der Waals surface area contributed by atoms with Crippen molar-refractivity contribution in [3.05, 3.63) is 77.7 Å². The number of fused-ring (bicyclic) bond motifs is 3. The van der Waals surface area contributed by atoms with Crippen molar-refractivity contribution in [3.63, 3.8) is 0 Å². The Balaban J connectivity index is 1.20. The van der Waals surface area contributed by atoms with Crippen LogP contribution in [0, 0.1) is 17.2 Å². The SMILES string of the molecule is O=C(N1[C@H]2CC[C@H]1CC(Cc1cnc3ccccc3c1)C2)C1(Cc2ccccc2F)CCOCC1. The van der Waals surface area contributed by atoms with E-state index in [4.69, 9.17) is 4.74 Å². The number of pyridine rings is 1. The molecule has 35 heavy (non-hydrogen) atoms. The summed E-state index contributed by atoms with van der Waals surface area (Å²) in [6.07, 6.45) is 9.08. The number of para-hydroxylation sites is 1. The number of nitrogens with zero attached hydrogens (tertiary/aromatic N) is 2. The van der Waals surface area contributed by atoms with Crippen LogP contribution in [0.2, 0.25) is 0 Å². The van der Waals surface area contributed by atoms with Gasteiger partial charge in [-0.3, -0.25) is 9.78 Å². The fourth-order valence-electron chi connectivity index (χ4n) is 6.86. The van der Waals surface area contributed by atoms with Gasteiger partial charge in [-0.15, -0.1) is 0 Å². The third-order valence-electron chi connectivity index (χ3n) is 8.63. The van der Waals surface area contributed by atoms with Crippen LogP contribution in [0.3, 0.4) is 0 Å². The molecule has 0 unspecified atom stereocenters. The summed E-state index contributed by atoms with van der Waals surface area (Å²) >= 11 is 0. The highest BCUT2D eigenvalue weighted by molar-refractivity contribution is 5.84. The van der Waals surface area contributed by atoms with Gasteiger partial charge in [-0.1, -0.05) is 36.4 Å². The lowest BCUT2D eigenvalue weighted by Gasteiger charge is -2.46. The standard InChI is InChI=1S/C30H33FN2O2/c31-27-7-3-1-6-24(27)19-30(11-13-35-14-12-30)29(34)33-25-9-10-26(33)18-21(17-25)15-22-16-23-5-2-4-8-28(23)32-20-22/h1-8,16,20-21,25-26H,9-15,17-19H2/t25-,26-/m0/s1. The van der Waals surface area contributed by atoms with Gasteiger partial charge in [0.2, 0.25) is 5.91 Å². The van der Waals surface area contributed by atoms with Gasteiger partial charge in [0.25, 0.3) is 0 Å². The summed E-state index contributed by atoms with van der Waals surface area (Å²) in [6.45, 7) is 1.14.